The van der Waals surface area contributed by atoms with E-state index < -0.39 is 18.4 Å². The Morgan fingerprint density at radius 2 is 1.92 bits per heavy atom. The highest BCUT2D eigenvalue weighted by atomic mass is 35.5. The summed E-state index contributed by atoms with van der Waals surface area (Å²) in [5, 5.41) is 3.14. The number of halogens is 4. The molecule has 0 bridgehead atoms. The van der Waals surface area contributed by atoms with E-state index in [1.54, 1.807) is 18.2 Å². The molecule has 1 aliphatic heterocycles. The first-order valence-corrected chi connectivity index (χ1v) is 7.30. The number of benzene rings is 2. The second kappa shape index (κ2) is 6.24. The third-order valence-corrected chi connectivity index (χ3v) is 3.58. The second-order valence-electron chi connectivity index (χ2n) is 5.12. The van der Waals surface area contributed by atoms with Gasteiger partial charge >= 0.3 is 6.36 Å². The normalized spacial score (nSPS) is 16.2. The fraction of sp³-hybridized carbons (Fsp3) is 0.188. The Balaban J connectivity index is 1.62. The molecule has 24 heavy (non-hydrogen) atoms. The molecular formula is C16H11ClF3NO3. The van der Waals surface area contributed by atoms with E-state index in [9.17, 15) is 18.0 Å². The number of nitrogens with one attached hydrogen (secondary N) is 1. The van der Waals surface area contributed by atoms with Crippen LogP contribution in [0, 0.1) is 0 Å². The van der Waals surface area contributed by atoms with Crippen LogP contribution in [-0.4, -0.2) is 18.4 Å². The molecule has 4 nitrogen and oxygen atoms in total. The highest BCUT2D eigenvalue weighted by Crippen LogP contribution is 2.31. The highest BCUT2D eigenvalue weighted by molar-refractivity contribution is 6.30. The maximum absolute atomic E-state index is 12.2. The summed E-state index contributed by atoms with van der Waals surface area (Å²) in [5.74, 6) is -0.167. The van der Waals surface area contributed by atoms with E-state index >= 15 is 0 Å². The molecule has 0 saturated carbocycles. The lowest BCUT2D eigenvalue weighted by Gasteiger charge is -2.12. The van der Waals surface area contributed by atoms with E-state index in [1.807, 2.05) is 0 Å². The predicted molar refractivity (Wildman–Crippen MR) is 81.3 cm³/mol. The number of alkyl halides is 3. The van der Waals surface area contributed by atoms with Crippen LogP contribution in [0.4, 0.5) is 18.9 Å². The van der Waals surface area contributed by atoms with Gasteiger partial charge < -0.3 is 14.8 Å². The van der Waals surface area contributed by atoms with Gasteiger partial charge in [-0.05, 0) is 48.0 Å². The summed E-state index contributed by atoms with van der Waals surface area (Å²) in [5.41, 5.74) is 1.17. The predicted octanol–water partition coefficient (Wildman–Crippen LogP) is 4.18. The van der Waals surface area contributed by atoms with Crippen molar-refractivity contribution in [3.8, 4) is 11.5 Å². The quantitative estimate of drug-likeness (QED) is 0.896. The van der Waals surface area contributed by atoms with Crippen molar-refractivity contribution >= 4 is 23.2 Å². The minimum atomic E-state index is -4.75. The Hall–Kier alpha value is -2.41. The van der Waals surface area contributed by atoms with Gasteiger partial charge in [0.25, 0.3) is 5.91 Å². The van der Waals surface area contributed by atoms with E-state index in [-0.39, 0.29) is 5.75 Å². The number of rotatable bonds is 3. The summed E-state index contributed by atoms with van der Waals surface area (Å²) < 4.78 is 45.6. The Labute approximate surface area is 140 Å². The highest BCUT2D eigenvalue weighted by Gasteiger charge is 2.31. The van der Waals surface area contributed by atoms with Gasteiger partial charge in [-0.3, -0.25) is 4.79 Å². The number of hydrogen-bond donors (Lipinski definition) is 1. The molecule has 0 spiro atoms. The number of carbonyl (C=O) groups excluding carboxylic acids is 1. The van der Waals surface area contributed by atoms with Crippen molar-refractivity contribution in [1.29, 1.82) is 0 Å². The molecule has 1 N–H and O–H groups in total. The van der Waals surface area contributed by atoms with Crippen LogP contribution >= 0.6 is 11.6 Å². The zero-order chi connectivity index (χ0) is 17.3. The zero-order valence-corrected chi connectivity index (χ0v) is 12.8. The SMILES string of the molecule is O=C(Nc1ccc(OC(F)(F)F)cc1)C1Cc2cc(Cl)ccc2O1. The average Bonchev–Trinajstić information content (AvgIpc) is 2.91. The van der Waals surface area contributed by atoms with Crippen LogP contribution in [0.1, 0.15) is 5.56 Å². The van der Waals surface area contributed by atoms with Crippen LogP contribution in [0.25, 0.3) is 0 Å². The van der Waals surface area contributed by atoms with Gasteiger partial charge in [-0.1, -0.05) is 11.6 Å². The van der Waals surface area contributed by atoms with Gasteiger partial charge in [0.15, 0.2) is 6.10 Å². The van der Waals surface area contributed by atoms with Gasteiger partial charge in [0.1, 0.15) is 11.5 Å². The van der Waals surface area contributed by atoms with Crippen molar-refractivity contribution < 1.29 is 27.4 Å². The Morgan fingerprint density at radius 3 is 2.58 bits per heavy atom. The van der Waals surface area contributed by atoms with Crippen LogP contribution in [0.2, 0.25) is 5.02 Å². The van der Waals surface area contributed by atoms with Crippen LogP contribution in [0.3, 0.4) is 0 Å². The Bertz CT molecular complexity index is 762. The summed E-state index contributed by atoms with van der Waals surface area (Å²) in [7, 11) is 0. The van der Waals surface area contributed by atoms with Crippen molar-refractivity contribution in [2.45, 2.75) is 18.9 Å². The molecule has 8 heteroatoms. The lowest BCUT2D eigenvalue weighted by Crippen LogP contribution is -2.31. The minimum absolute atomic E-state index is 0.340. The molecule has 1 aliphatic rings. The summed E-state index contributed by atoms with van der Waals surface area (Å²) in [6, 6.07) is 9.96. The van der Waals surface area contributed by atoms with E-state index in [1.165, 1.54) is 12.1 Å². The maximum atomic E-state index is 12.2. The first kappa shape index (κ1) is 16.4. The number of ether oxygens (including phenoxy) is 2. The largest absolute Gasteiger partial charge is 0.573 e. The summed E-state index contributed by atoms with van der Waals surface area (Å²) in [4.78, 5) is 12.2. The number of amides is 1. The smallest absolute Gasteiger partial charge is 0.480 e. The molecule has 126 valence electrons. The molecule has 1 atom stereocenters. The molecule has 0 fully saturated rings. The monoisotopic (exact) mass is 357 g/mol. The fourth-order valence-corrected chi connectivity index (χ4v) is 2.52. The average molecular weight is 358 g/mol. The van der Waals surface area contributed by atoms with E-state index in [0.29, 0.717) is 22.9 Å². The molecule has 0 saturated heterocycles. The molecule has 2 aromatic rings. The van der Waals surface area contributed by atoms with E-state index in [0.717, 1.165) is 17.7 Å². The van der Waals surface area contributed by atoms with Gasteiger partial charge in [-0.15, -0.1) is 13.2 Å². The van der Waals surface area contributed by atoms with Gasteiger partial charge in [0, 0.05) is 17.1 Å². The molecule has 1 heterocycles. The van der Waals surface area contributed by atoms with Gasteiger partial charge in [0.05, 0.1) is 0 Å². The third-order valence-electron chi connectivity index (χ3n) is 3.34. The Morgan fingerprint density at radius 1 is 1.21 bits per heavy atom. The maximum Gasteiger partial charge on any atom is 0.573 e. The molecule has 3 rings (SSSR count). The van der Waals surface area contributed by atoms with Crippen LogP contribution < -0.4 is 14.8 Å². The summed E-state index contributed by atoms with van der Waals surface area (Å²) >= 11 is 5.89. The number of fused-ring (bicyclic) bond motifs is 1. The topological polar surface area (TPSA) is 47.6 Å². The first-order chi connectivity index (χ1) is 11.3. The van der Waals surface area contributed by atoms with Crippen molar-refractivity contribution in [2.24, 2.45) is 0 Å². The van der Waals surface area contributed by atoms with Crippen molar-refractivity contribution in [1.82, 2.24) is 0 Å². The zero-order valence-electron chi connectivity index (χ0n) is 12.1. The molecule has 2 aromatic carbocycles. The third kappa shape index (κ3) is 3.91. The Kier molecular flexibility index (Phi) is 4.28. The van der Waals surface area contributed by atoms with E-state index in [4.69, 9.17) is 16.3 Å². The van der Waals surface area contributed by atoms with Crippen molar-refractivity contribution in [2.75, 3.05) is 5.32 Å². The summed E-state index contributed by atoms with van der Waals surface area (Å²) in [6.45, 7) is 0. The van der Waals surface area contributed by atoms with Crippen molar-refractivity contribution in [3.05, 3.63) is 53.1 Å². The second-order valence-corrected chi connectivity index (χ2v) is 5.56. The number of hydrogen-bond acceptors (Lipinski definition) is 3. The lowest BCUT2D eigenvalue weighted by molar-refractivity contribution is -0.274. The number of anilines is 1. The van der Waals surface area contributed by atoms with Crippen molar-refractivity contribution in [3.63, 3.8) is 0 Å². The molecular weight excluding hydrogens is 347 g/mol. The minimum Gasteiger partial charge on any atom is -0.480 e. The lowest BCUT2D eigenvalue weighted by atomic mass is 10.1. The standard InChI is InChI=1S/C16H11ClF3NO3/c17-10-1-6-13-9(7-10)8-14(23-13)15(22)21-11-2-4-12(5-3-11)24-16(18,19)20/h1-7,14H,8H2,(H,21,22). The molecule has 0 aromatic heterocycles. The molecule has 1 amide bonds. The van der Waals surface area contributed by atoms with Crippen LogP contribution in [0.5, 0.6) is 11.5 Å². The first-order valence-electron chi connectivity index (χ1n) is 6.92. The van der Waals surface area contributed by atoms with Crippen LogP contribution in [0.15, 0.2) is 42.5 Å². The van der Waals surface area contributed by atoms with Crippen LogP contribution in [-0.2, 0) is 11.2 Å². The van der Waals surface area contributed by atoms with Gasteiger partial charge in [-0.2, -0.15) is 0 Å². The molecule has 0 aliphatic carbocycles. The van der Waals surface area contributed by atoms with Gasteiger partial charge in [-0.25, -0.2) is 0 Å². The summed E-state index contributed by atoms with van der Waals surface area (Å²) in [6.07, 6.45) is -5.10. The molecule has 1 unspecified atom stereocenters. The van der Waals surface area contributed by atoms with Gasteiger partial charge in [0.2, 0.25) is 0 Å². The fourth-order valence-electron chi connectivity index (χ4n) is 2.33. The van der Waals surface area contributed by atoms with E-state index in [2.05, 4.69) is 10.1 Å². The number of carbonyl (C=O) groups is 1. The molecule has 0 radical (unpaired) electrons.